The molecule has 0 aliphatic carbocycles. The molecular weight excluding hydrogens is 412 g/mol. The van der Waals surface area contributed by atoms with Crippen molar-refractivity contribution in [2.75, 3.05) is 0 Å². The van der Waals surface area contributed by atoms with Crippen molar-refractivity contribution >= 4 is 16.9 Å². The average Bonchev–Trinajstić information content (AvgIpc) is 3.15. The van der Waals surface area contributed by atoms with Gasteiger partial charge >= 0.3 is 0 Å². The normalized spacial score (nSPS) is 11.2. The summed E-state index contributed by atoms with van der Waals surface area (Å²) in [5.41, 5.74) is 6.35. The molecule has 1 N–H and O–H groups in total. The Hall–Kier alpha value is -3.67. The van der Waals surface area contributed by atoms with Gasteiger partial charge in [-0.1, -0.05) is 42.5 Å². The highest BCUT2D eigenvalue weighted by molar-refractivity contribution is 5.85. The largest absolute Gasteiger partial charge is 0.352 e. The Kier molecular flexibility index (Phi) is 6.45. The zero-order chi connectivity index (χ0) is 23.5. The molecule has 0 spiro atoms. The van der Waals surface area contributed by atoms with E-state index >= 15 is 0 Å². The summed E-state index contributed by atoms with van der Waals surface area (Å²) < 4.78 is 3.65. The van der Waals surface area contributed by atoms with Crippen LogP contribution in [0.15, 0.2) is 59.4 Å². The van der Waals surface area contributed by atoms with Crippen molar-refractivity contribution in [3.8, 4) is 5.69 Å². The molecule has 6 heteroatoms. The van der Waals surface area contributed by atoms with E-state index in [1.54, 1.807) is 4.57 Å². The Morgan fingerprint density at radius 1 is 1.03 bits per heavy atom. The molecular formula is C27H30N4O2. The second kappa shape index (κ2) is 9.45. The number of nitrogens with zero attached hydrogens (tertiary/aromatic N) is 3. The van der Waals surface area contributed by atoms with E-state index in [1.807, 2.05) is 80.9 Å². The number of aromatic nitrogens is 3. The standard InChI is InChI=1S/C27H30N4O2/c1-5-30-26-25(20(4)29-31(26)22-13-9-10-18(2)16-22)19(3)23(27(30)33)14-15-24(32)28-17-21-11-7-6-8-12-21/h6-13,16H,5,14-15,17H2,1-4H3,(H,28,32). The van der Waals surface area contributed by atoms with Gasteiger partial charge in [0.25, 0.3) is 5.56 Å². The van der Waals surface area contributed by atoms with Crippen LogP contribution >= 0.6 is 0 Å². The highest BCUT2D eigenvalue weighted by atomic mass is 16.1. The minimum absolute atomic E-state index is 0.0489. The molecule has 0 saturated carbocycles. The van der Waals surface area contributed by atoms with Crippen LogP contribution in [-0.4, -0.2) is 20.3 Å². The molecule has 4 rings (SSSR count). The van der Waals surface area contributed by atoms with E-state index in [1.165, 1.54) is 0 Å². The summed E-state index contributed by atoms with van der Waals surface area (Å²) in [5.74, 6) is -0.0621. The summed E-state index contributed by atoms with van der Waals surface area (Å²) >= 11 is 0. The fourth-order valence-corrected chi connectivity index (χ4v) is 4.42. The monoisotopic (exact) mass is 442 g/mol. The van der Waals surface area contributed by atoms with Crippen molar-refractivity contribution < 1.29 is 4.79 Å². The van der Waals surface area contributed by atoms with Gasteiger partial charge in [0.1, 0.15) is 5.65 Å². The molecule has 2 aromatic heterocycles. The van der Waals surface area contributed by atoms with Gasteiger partial charge in [-0.2, -0.15) is 5.10 Å². The van der Waals surface area contributed by atoms with Gasteiger partial charge in [-0.05, 0) is 62.9 Å². The number of hydrogen-bond acceptors (Lipinski definition) is 3. The van der Waals surface area contributed by atoms with Crippen LogP contribution < -0.4 is 10.9 Å². The number of fused-ring (bicyclic) bond motifs is 1. The van der Waals surface area contributed by atoms with Crippen molar-refractivity contribution in [3.63, 3.8) is 0 Å². The lowest BCUT2D eigenvalue weighted by Crippen LogP contribution is -2.28. The number of benzene rings is 2. The fraction of sp³-hybridized carbons (Fsp3) is 0.296. The number of nitrogens with one attached hydrogen (secondary N) is 1. The van der Waals surface area contributed by atoms with Gasteiger partial charge in [0.15, 0.2) is 0 Å². The molecule has 0 atom stereocenters. The SMILES string of the molecule is CCn1c(=O)c(CCC(=O)NCc2ccccc2)c(C)c2c(C)nn(-c3cccc(C)c3)c21. The molecule has 2 heterocycles. The Bertz CT molecular complexity index is 1370. The predicted octanol–water partition coefficient (Wildman–Crippen LogP) is 4.38. The number of carbonyl (C=O) groups is 1. The van der Waals surface area contributed by atoms with Gasteiger partial charge < -0.3 is 5.32 Å². The van der Waals surface area contributed by atoms with Crippen LogP contribution in [0.1, 0.15) is 41.3 Å². The molecule has 0 radical (unpaired) electrons. The van der Waals surface area contributed by atoms with Crippen LogP contribution in [0.4, 0.5) is 0 Å². The summed E-state index contributed by atoms with van der Waals surface area (Å²) in [5, 5.41) is 8.72. The average molecular weight is 443 g/mol. The Morgan fingerprint density at radius 2 is 1.79 bits per heavy atom. The number of amides is 1. The van der Waals surface area contributed by atoms with Crippen molar-refractivity contribution in [1.82, 2.24) is 19.7 Å². The highest BCUT2D eigenvalue weighted by Crippen LogP contribution is 2.26. The summed E-state index contributed by atoms with van der Waals surface area (Å²) in [4.78, 5) is 26.0. The van der Waals surface area contributed by atoms with Gasteiger partial charge in [0, 0.05) is 30.5 Å². The molecule has 1 amide bonds. The third kappa shape index (κ3) is 4.46. The van der Waals surface area contributed by atoms with Gasteiger partial charge in [-0.15, -0.1) is 0 Å². The zero-order valence-electron chi connectivity index (χ0n) is 19.7. The zero-order valence-corrected chi connectivity index (χ0v) is 19.7. The van der Waals surface area contributed by atoms with E-state index in [-0.39, 0.29) is 17.9 Å². The lowest BCUT2D eigenvalue weighted by Gasteiger charge is -2.15. The van der Waals surface area contributed by atoms with Crippen LogP contribution in [0.25, 0.3) is 16.7 Å². The van der Waals surface area contributed by atoms with Gasteiger partial charge in [0.05, 0.1) is 11.4 Å². The second-order valence-corrected chi connectivity index (χ2v) is 8.45. The van der Waals surface area contributed by atoms with Gasteiger partial charge in [0.2, 0.25) is 5.91 Å². The van der Waals surface area contributed by atoms with Crippen LogP contribution in [0.3, 0.4) is 0 Å². The van der Waals surface area contributed by atoms with E-state index in [4.69, 9.17) is 5.10 Å². The number of pyridine rings is 1. The Morgan fingerprint density at radius 3 is 2.48 bits per heavy atom. The van der Waals surface area contributed by atoms with E-state index in [0.717, 1.165) is 39.1 Å². The van der Waals surface area contributed by atoms with Crippen LogP contribution in [0.5, 0.6) is 0 Å². The van der Waals surface area contributed by atoms with E-state index in [0.29, 0.717) is 25.1 Å². The first-order valence-corrected chi connectivity index (χ1v) is 11.4. The summed E-state index contributed by atoms with van der Waals surface area (Å²) in [7, 11) is 0. The summed E-state index contributed by atoms with van der Waals surface area (Å²) in [6.07, 6.45) is 0.666. The summed E-state index contributed by atoms with van der Waals surface area (Å²) in [6.45, 7) is 8.97. The molecule has 6 nitrogen and oxygen atoms in total. The van der Waals surface area contributed by atoms with Gasteiger partial charge in [-0.25, -0.2) is 4.68 Å². The first-order chi connectivity index (χ1) is 15.9. The number of carbonyl (C=O) groups excluding carboxylic acids is 1. The first-order valence-electron chi connectivity index (χ1n) is 11.4. The molecule has 0 aliphatic heterocycles. The van der Waals surface area contributed by atoms with E-state index in [9.17, 15) is 9.59 Å². The van der Waals surface area contributed by atoms with Crippen LogP contribution in [0.2, 0.25) is 0 Å². The molecule has 170 valence electrons. The van der Waals surface area contributed by atoms with Crippen molar-refractivity contribution in [1.29, 1.82) is 0 Å². The minimum Gasteiger partial charge on any atom is -0.352 e. The lowest BCUT2D eigenvalue weighted by atomic mass is 10.0. The molecule has 0 aliphatic rings. The van der Waals surface area contributed by atoms with Crippen molar-refractivity contribution in [2.45, 2.75) is 53.6 Å². The Labute approximate surface area is 193 Å². The highest BCUT2D eigenvalue weighted by Gasteiger charge is 2.21. The van der Waals surface area contributed by atoms with Crippen molar-refractivity contribution in [2.24, 2.45) is 0 Å². The number of rotatable bonds is 7. The smallest absolute Gasteiger partial charge is 0.255 e. The maximum atomic E-state index is 13.5. The molecule has 2 aromatic carbocycles. The maximum Gasteiger partial charge on any atom is 0.255 e. The molecule has 4 aromatic rings. The topological polar surface area (TPSA) is 68.9 Å². The van der Waals surface area contributed by atoms with Crippen LogP contribution in [0, 0.1) is 20.8 Å². The quantitative estimate of drug-likeness (QED) is 0.462. The second-order valence-electron chi connectivity index (χ2n) is 8.45. The number of aryl methyl sites for hydroxylation is 4. The maximum absolute atomic E-state index is 13.5. The number of hydrogen-bond donors (Lipinski definition) is 1. The lowest BCUT2D eigenvalue weighted by molar-refractivity contribution is -0.121. The predicted molar refractivity (Wildman–Crippen MR) is 132 cm³/mol. The molecule has 0 bridgehead atoms. The minimum atomic E-state index is -0.0621. The molecule has 0 fully saturated rings. The van der Waals surface area contributed by atoms with E-state index in [2.05, 4.69) is 11.4 Å². The third-order valence-corrected chi connectivity index (χ3v) is 6.12. The fourth-order valence-electron chi connectivity index (χ4n) is 4.42. The first kappa shape index (κ1) is 22.5. The molecule has 33 heavy (non-hydrogen) atoms. The molecule has 0 saturated heterocycles. The van der Waals surface area contributed by atoms with Crippen molar-refractivity contribution in [3.05, 3.63) is 92.9 Å². The Balaban J connectivity index is 1.67. The van der Waals surface area contributed by atoms with Gasteiger partial charge in [-0.3, -0.25) is 14.2 Å². The molecule has 0 unspecified atom stereocenters. The van der Waals surface area contributed by atoms with E-state index < -0.39 is 0 Å². The third-order valence-electron chi connectivity index (χ3n) is 6.12. The summed E-state index contributed by atoms with van der Waals surface area (Å²) in [6, 6.07) is 17.9. The van der Waals surface area contributed by atoms with Crippen LogP contribution in [-0.2, 0) is 24.3 Å².